The van der Waals surface area contributed by atoms with E-state index in [1.54, 1.807) is 23.1 Å². The number of nitrogens with one attached hydrogen (secondary N) is 1. The number of hydrogen-bond donors (Lipinski definition) is 2. The van der Waals surface area contributed by atoms with Gasteiger partial charge in [0.1, 0.15) is 11.9 Å². The lowest BCUT2D eigenvalue weighted by Crippen LogP contribution is -2.49. The van der Waals surface area contributed by atoms with E-state index in [2.05, 4.69) is 5.32 Å². The number of hydrogen-bond acceptors (Lipinski definition) is 4. The Kier molecular flexibility index (Phi) is 5.74. The number of rotatable bonds is 2. The zero-order valence-electron chi connectivity index (χ0n) is 12.1. The molecule has 2 N–H and O–H groups in total. The van der Waals surface area contributed by atoms with Gasteiger partial charge < -0.3 is 20.1 Å². The first kappa shape index (κ1) is 17.1. The van der Waals surface area contributed by atoms with E-state index in [-0.39, 0.29) is 30.2 Å². The number of ether oxygens (including phenoxy) is 1. The van der Waals surface area contributed by atoms with Crippen molar-refractivity contribution >= 4 is 18.3 Å². The highest BCUT2D eigenvalue weighted by Crippen LogP contribution is 2.25. The number of nitrogens with zero attached hydrogens (tertiary/aromatic N) is 1. The number of carbonyl (C=O) groups is 1. The molecule has 7 heteroatoms. The van der Waals surface area contributed by atoms with Gasteiger partial charge in [0.2, 0.25) is 5.91 Å². The standard InChI is InChI=1S/C15H19FN2O3.ClH/c16-12-4-2-1-3-11(12)14-9-18(5-6-21-14)15(20)13-7-10(19)8-17-13;/h1-4,10,13-14,17,19H,5-9H2;1H. The summed E-state index contributed by atoms with van der Waals surface area (Å²) in [5, 5.41) is 12.5. The number of amides is 1. The predicted octanol–water partition coefficient (Wildman–Crippen LogP) is 0.870. The molecular formula is C15H20ClFN2O3. The Balaban J connectivity index is 0.00000176. The van der Waals surface area contributed by atoms with Crippen molar-refractivity contribution < 1.29 is 19.0 Å². The molecule has 122 valence electrons. The molecule has 2 heterocycles. The van der Waals surface area contributed by atoms with Crippen LogP contribution in [0.1, 0.15) is 18.1 Å². The fourth-order valence-corrected chi connectivity index (χ4v) is 2.90. The maximum atomic E-state index is 13.8. The molecular weight excluding hydrogens is 311 g/mol. The molecule has 0 aliphatic carbocycles. The Labute approximate surface area is 134 Å². The molecule has 0 radical (unpaired) electrons. The first-order chi connectivity index (χ1) is 10.1. The van der Waals surface area contributed by atoms with Gasteiger partial charge >= 0.3 is 0 Å². The Hall–Kier alpha value is -1.21. The van der Waals surface area contributed by atoms with Crippen molar-refractivity contribution in [1.29, 1.82) is 0 Å². The number of β-amino-alcohol motifs (C(OH)–C–C–N with tert-alkyl or cyclic N) is 1. The number of benzene rings is 1. The van der Waals surface area contributed by atoms with Crippen molar-refractivity contribution in [3.63, 3.8) is 0 Å². The Morgan fingerprint density at radius 1 is 1.41 bits per heavy atom. The molecule has 5 nitrogen and oxygen atoms in total. The molecule has 3 atom stereocenters. The SMILES string of the molecule is Cl.O=C(C1CC(O)CN1)N1CCOC(c2ccccc2F)C1. The topological polar surface area (TPSA) is 61.8 Å². The maximum absolute atomic E-state index is 13.8. The van der Waals surface area contributed by atoms with Crippen molar-refractivity contribution in [2.45, 2.75) is 24.7 Å². The Bertz CT molecular complexity index is 531. The van der Waals surface area contributed by atoms with E-state index in [9.17, 15) is 14.3 Å². The van der Waals surface area contributed by atoms with Crippen LogP contribution in [0.5, 0.6) is 0 Å². The van der Waals surface area contributed by atoms with Crippen molar-refractivity contribution in [3.8, 4) is 0 Å². The molecule has 0 saturated carbocycles. The summed E-state index contributed by atoms with van der Waals surface area (Å²) in [5.41, 5.74) is 0.481. The second kappa shape index (κ2) is 7.37. The number of morpholine rings is 1. The van der Waals surface area contributed by atoms with Crippen molar-refractivity contribution in [1.82, 2.24) is 10.2 Å². The Morgan fingerprint density at radius 3 is 2.86 bits per heavy atom. The van der Waals surface area contributed by atoms with Crippen LogP contribution in [0.4, 0.5) is 4.39 Å². The molecule has 1 aromatic carbocycles. The van der Waals surface area contributed by atoms with Gasteiger partial charge in [0.05, 0.1) is 25.3 Å². The second-order valence-corrected chi connectivity index (χ2v) is 5.52. The summed E-state index contributed by atoms with van der Waals surface area (Å²) in [6.45, 7) is 1.67. The number of aliphatic hydroxyl groups excluding tert-OH is 1. The van der Waals surface area contributed by atoms with Gasteiger partial charge in [0.25, 0.3) is 0 Å². The lowest BCUT2D eigenvalue weighted by atomic mass is 10.1. The molecule has 1 aromatic rings. The van der Waals surface area contributed by atoms with Crippen LogP contribution in [0.15, 0.2) is 24.3 Å². The van der Waals surface area contributed by atoms with Gasteiger partial charge in [-0.05, 0) is 12.5 Å². The van der Waals surface area contributed by atoms with Crippen LogP contribution in [-0.2, 0) is 9.53 Å². The van der Waals surface area contributed by atoms with Crippen LogP contribution in [0.25, 0.3) is 0 Å². The molecule has 2 aliphatic heterocycles. The third kappa shape index (κ3) is 3.57. The number of carbonyl (C=O) groups excluding carboxylic acids is 1. The summed E-state index contributed by atoms with van der Waals surface area (Å²) in [7, 11) is 0. The monoisotopic (exact) mass is 330 g/mol. The van der Waals surface area contributed by atoms with E-state index in [0.717, 1.165) is 0 Å². The zero-order valence-corrected chi connectivity index (χ0v) is 12.9. The van der Waals surface area contributed by atoms with Crippen LogP contribution < -0.4 is 5.32 Å². The number of aliphatic hydroxyl groups is 1. The van der Waals surface area contributed by atoms with Crippen molar-refractivity contribution in [2.75, 3.05) is 26.2 Å². The lowest BCUT2D eigenvalue weighted by molar-refractivity contribution is -0.141. The van der Waals surface area contributed by atoms with Crippen LogP contribution in [0, 0.1) is 5.82 Å². The minimum absolute atomic E-state index is 0. The van der Waals surface area contributed by atoms with Crippen molar-refractivity contribution in [2.24, 2.45) is 0 Å². The quantitative estimate of drug-likeness (QED) is 0.845. The van der Waals surface area contributed by atoms with E-state index in [0.29, 0.717) is 38.2 Å². The first-order valence-electron chi connectivity index (χ1n) is 7.21. The van der Waals surface area contributed by atoms with Crippen molar-refractivity contribution in [3.05, 3.63) is 35.6 Å². The molecule has 2 aliphatic rings. The summed E-state index contributed by atoms with van der Waals surface area (Å²) in [6.07, 6.45) is -0.474. The van der Waals surface area contributed by atoms with Gasteiger partial charge in [-0.15, -0.1) is 12.4 Å². The minimum Gasteiger partial charge on any atom is -0.392 e. The van der Waals surface area contributed by atoms with E-state index >= 15 is 0 Å². The molecule has 1 amide bonds. The fourth-order valence-electron chi connectivity index (χ4n) is 2.90. The van der Waals surface area contributed by atoms with Crippen LogP contribution in [-0.4, -0.2) is 54.3 Å². The highest BCUT2D eigenvalue weighted by Gasteiger charge is 2.34. The van der Waals surface area contributed by atoms with Gasteiger partial charge in [0, 0.05) is 18.7 Å². The number of halogens is 2. The normalized spacial score (nSPS) is 28.3. The third-order valence-corrected chi connectivity index (χ3v) is 4.04. The van der Waals surface area contributed by atoms with E-state index in [4.69, 9.17) is 4.74 Å². The molecule has 0 spiro atoms. The van der Waals surface area contributed by atoms with E-state index < -0.39 is 12.2 Å². The molecule has 22 heavy (non-hydrogen) atoms. The zero-order chi connectivity index (χ0) is 14.8. The van der Waals surface area contributed by atoms with Gasteiger partial charge in [-0.25, -0.2) is 4.39 Å². The minimum atomic E-state index is -0.470. The summed E-state index contributed by atoms with van der Waals surface area (Å²) in [5.74, 6) is -0.359. The summed E-state index contributed by atoms with van der Waals surface area (Å²) >= 11 is 0. The molecule has 0 aromatic heterocycles. The van der Waals surface area contributed by atoms with Crippen LogP contribution in [0.2, 0.25) is 0 Å². The summed E-state index contributed by atoms with van der Waals surface area (Å²) in [6, 6.07) is 6.13. The third-order valence-electron chi connectivity index (χ3n) is 4.04. The van der Waals surface area contributed by atoms with Gasteiger partial charge in [-0.1, -0.05) is 18.2 Å². The smallest absolute Gasteiger partial charge is 0.239 e. The van der Waals surface area contributed by atoms with E-state index in [1.807, 2.05) is 0 Å². The Morgan fingerprint density at radius 2 is 2.18 bits per heavy atom. The van der Waals surface area contributed by atoms with Gasteiger partial charge in [0.15, 0.2) is 0 Å². The molecule has 2 fully saturated rings. The maximum Gasteiger partial charge on any atom is 0.239 e. The summed E-state index contributed by atoms with van der Waals surface area (Å²) < 4.78 is 19.4. The fraction of sp³-hybridized carbons (Fsp3) is 0.533. The van der Waals surface area contributed by atoms with Crippen LogP contribution in [0.3, 0.4) is 0 Å². The average Bonchev–Trinajstić information content (AvgIpc) is 2.94. The molecule has 3 rings (SSSR count). The summed E-state index contributed by atoms with van der Waals surface area (Å²) in [4.78, 5) is 14.1. The second-order valence-electron chi connectivity index (χ2n) is 5.52. The lowest BCUT2D eigenvalue weighted by Gasteiger charge is -2.34. The predicted molar refractivity (Wildman–Crippen MR) is 81.3 cm³/mol. The molecule has 3 unspecified atom stereocenters. The highest BCUT2D eigenvalue weighted by atomic mass is 35.5. The van der Waals surface area contributed by atoms with Gasteiger partial charge in [-0.2, -0.15) is 0 Å². The highest BCUT2D eigenvalue weighted by molar-refractivity contribution is 5.85. The average molecular weight is 331 g/mol. The largest absolute Gasteiger partial charge is 0.392 e. The van der Waals surface area contributed by atoms with Crippen LogP contribution >= 0.6 is 12.4 Å². The molecule has 0 bridgehead atoms. The van der Waals surface area contributed by atoms with E-state index in [1.165, 1.54) is 6.07 Å². The van der Waals surface area contributed by atoms with Gasteiger partial charge in [-0.3, -0.25) is 4.79 Å². The molecule has 2 saturated heterocycles. The first-order valence-corrected chi connectivity index (χ1v) is 7.21.